The van der Waals surface area contributed by atoms with Crippen LogP contribution in [0.1, 0.15) is 115 Å². The number of sulfone groups is 1. The van der Waals surface area contributed by atoms with Crippen molar-refractivity contribution >= 4 is 33.7 Å². The van der Waals surface area contributed by atoms with E-state index in [-0.39, 0.29) is 78.1 Å². The number of carbonyl (C=O) groups is 4. The van der Waals surface area contributed by atoms with Gasteiger partial charge in [0.25, 0.3) is 0 Å². The molecule has 14 nitrogen and oxygen atoms in total. The van der Waals surface area contributed by atoms with Gasteiger partial charge in [0.15, 0.2) is 9.84 Å². The van der Waals surface area contributed by atoms with Gasteiger partial charge in [-0.15, -0.1) is 0 Å². The molecule has 0 saturated heterocycles. The van der Waals surface area contributed by atoms with Crippen molar-refractivity contribution in [2.75, 3.05) is 0 Å². The Morgan fingerprint density at radius 1 is 0.446 bits per heavy atom. The number of esters is 4. The van der Waals surface area contributed by atoms with Gasteiger partial charge in [-0.2, -0.15) is 0 Å². The minimum atomic E-state index is -4.35. The Balaban J connectivity index is 1.45. The molecular formula is C59H64O14S. The third-order valence-corrected chi connectivity index (χ3v) is 12.5. The second-order valence-corrected chi connectivity index (χ2v) is 21.7. The number of rotatable bonds is 23. The van der Waals surface area contributed by atoms with Crippen molar-refractivity contribution in [3.8, 4) is 17.2 Å². The van der Waals surface area contributed by atoms with Gasteiger partial charge in [0, 0.05) is 19.4 Å². The Labute approximate surface area is 433 Å². The van der Waals surface area contributed by atoms with Gasteiger partial charge in [-0.3, -0.25) is 9.59 Å². The van der Waals surface area contributed by atoms with Crippen LogP contribution in [-0.2, 0) is 87.7 Å². The predicted octanol–water partition coefficient (Wildman–Crippen LogP) is 11.4. The maximum atomic E-state index is 15.0. The first-order chi connectivity index (χ1) is 35.1. The zero-order valence-electron chi connectivity index (χ0n) is 43.1. The van der Waals surface area contributed by atoms with Crippen LogP contribution in [0.3, 0.4) is 0 Å². The minimum absolute atomic E-state index is 0.0465. The lowest BCUT2D eigenvalue weighted by molar-refractivity contribution is -0.176. The van der Waals surface area contributed by atoms with Gasteiger partial charge in [-0.05, 0) is 99.2 Å². The molecule has 0 radical (unpaired) electrons. The molecule has 0 aliphatic rings. The van der Waals surface area contributed by atoms with Crippen LogP contribution in [0.15, 0.2) is 146 Å². The van der Waals surface area contributed by atoms with Crippen LogP contribution >= 0.6 is 0 Å². The predicted molar refractivity (Wildman–Crippen MR) is 277 cm³/mol. The average Bonchev–Trinajstić information content (AvgIpc) is 3.35. The molecule has 0 aliphatic heterocycles. The summed E-state index contributed by atoms with van der Waals surface area (Å²) in [4.78, 5) is 54.3. The third-order valence-electron chi connectivity index (χ3n) is 11.0. The summed E-state index contributed by atoms with van der Waals surface area (Å²) in [5.41, 5.74) is 1.44. The van der Waals surface area contributed by atoms with E-state index in [1.807, 2.05) is 121 Å². The highest BCUT2D eigenvalue weighted by Gasteiger charge is 2.31. The van der Waals surface area contributed by atoms with Crippen molar-refractivity contribution in [3.05, 3.63) is 196 Å². The first-order valence-electron chi connectivity index (χ1n) is 24.1. The SMILES string of the molecule is CC(OC(=O)c1cc(OCc2ccccc2)cc(CS(=O)(=O)Cc2cc(OCc3ccccc3)cc(C(=O)OC(C)OC(=O)C(C)(C)C)c2OCc2ccccc2)c1COCc1ccccc1)OC(=O)C(C)(C)C. The molecule has 2 atom stereocenters. The molecular weight excluding hydrogens is 965 g/mol. The zero-order chi connectivity index (χ0) is 53.5. The molecule has 0 saturated carbocycles. The highest BCUT2D eigenvalue weighted by atomic mass is 32.2. The van der Waals surface area contributed by atoms with Crippen molar-refractivity contribution in [1.29, 1.82) is 0 Å². The summed E-state index contributed by atoms with van der Waals surface area (Å²) >= 11 is 0. The van der Waals surface area contributed by atoms with Gasteiger partial charge >= 0.3 is 23.9 Å². The normalized spacial score (nSPS) is 12.4. The van der Waals surface area contributed by atoms with Crippen LogP contribution in [0.25, 0.3) is 0 Å². The minimum Gasteiger partial charge on any atom is -0.489 e. The van der Waals surface area contributed by atoms with Crippen LogP contribution in [0.4, 0.5) is 0 Å². The molecule has 74 heavy (non-hydrogen) atoms. The van der Waals surface area contributed by atoms with E-state index in [0.29, 0.717) is 5.56 Å². The second-order valence-electron chi connectivity index (χ2n) is 19.7. The van der Waals surface area contributed by atoms with Crippen LogP contribution in [0.2, 0.25) is 0 Å². The van der Waals surface area contributed by atoms with Gasteiger partial charge in [-0.1, -0.05) is 121 Å². The van der Waals surface area contributed by atoms with Gasteiger partial charge in [0.05, 0.1) is 41.1 Å². The number of hydrogen-bond donors (Lipinski definition) is 0. The Kier molecular flexibility index (Phi) is 19.2. The lowest BCUT2D eigenvalue weighted by atomic mass is 9.97. The topological polar surface area (TPSA) is 176 Å². The molecule has 0 aliphatic carbocycles. The highest BCUT2D eigenvalue weighted by Crippen LogP contribution is 2.36. The maximum absolute atomic E-state index is 15.0. The first-order valence-corrected chi connectivity index (χ1v) is 25.9. The average molecular weight is 1030 g/mol. The number of ether oxygens (including phenoxy) is 8. The van der Waals surface area contributed by atoms with Crippen molar-refractivity contribution < 1.29 is 65.5 Å². The van der Waals surface area contributed by atoms with Crippen LogP contribution in [-0.4, -0.2) is 44.9 Å². The summed E-state index contributed by atoms with van der Waals surface area (Å²) in [5.74, 6) is -4.36. The fourth-order valence-corrected chi connectivity index (χ4v) is 8.67. The third kappa shape index (κ3) is 17.1. The van der Waals surface area contributed by atoms with Crippen LogP contribution in [0.5, 0.6) is 17.2 Å². The second kappa shape index (κ2) is 25.4. The molecule has 6 rings (SSSR count). The monoisotopic (exact) mass is 1030 g/mol. The van der Waals surface area contributed by atoms with Crippen molar-refractivity contribution in [3.63, 3.8) is 0 Å². The van der Waals surface area contributed by atoms with Gasteiger partial charge in [0.2, 0.25) is 12.6 Å². The van der Waals surface area contributed by atoms with E-state index in [1.54, 1.807) is 41.5 Å². The quantitative estimate of drug-likeness (QED) is 0.0437. The van der Waals surface area contributed by atoms with Crippen molar-refractivity contribution in [2.24, 2.45) is 10.8 Å². The van der Waals surface area contributed by atoms with E-state index >= 15 is 8.42 Å². The zero-order valence-corrected chi connectivity index (χ0v) is 43.9. The maximum Gasteiger partial charge on any atom is 0.345 e. The van der Waals surface area contributed by atoms with Crippen molar-refractivity contribution in [1.82, 2.24) is 0 Å². The molecule has 15 heteroatoms. The summed E-state index contributed by atoms with van der Waals surface area (Å²) in [7, 11) is -4.35. The lowest BCUT2D eigenvalue weighted by Gasteiger charge is -2.23. The summed E-state index contributed by atoms with van der Waals surface area (Å²) in [6.45, 7) is 12.7. The first kappa shape index (κ1) is 55.8. The van der Waals surface area contributed by atoms with Gasteiger partial charge in [0.1, 0.15) is 42.6 Å². The fourth-order valence-electron chi connectivity index (χ4n) is 7.15. The molecule has 0 amide bonds. The number of carbonyl (C=O) groups excluding carboxylic acids is 4. The highest BCUT2D eigenvalue weighted by molar-refractivity contribution is 7.89. The smallest absolute Gasteiger partial charge is 0.345 e. The molecule has 0 fully saturated rings. The molecule has 0 N–H and O–H groups in total. The molecule has 0 bridgehead atoms. The molecule has 0 aromatic heterocycles. The Morgan fingerprint density at radius 3 is 1.24 bits per heavy atom. The summed E-state index contributed by atoms with van der Waals surface area (Å²) in [5, 5.41) is 0. The van der Waals surface area contributed by atoms with Gasteiger partial charge < -0.3 is 37.9 Å². The summed E-state index contributed by atoms with van der Waals surface area (Å²) in [6.07, 6.45) is -2.67. The van der Waals surface area contributed by atoms with E-state index in [4.69, 9.17) is 37.9 Å². The largest absolute Gasteiger partial charge is 0.489 e. The van der Waals surface area contributed by atoms with Crippen LogP contribution < -0.4 is 14.2 Å². The Morgan fingerprint density at radius 2 is 0.811 bits per heavy atom. The van der Waals surface area contributed by atoms with Crippen molar-refractivity contribution in [2.45, 2.75) is 113 Å². The molecule has 390 valence electrons. The lowest BCUT2D eigenvalue weighted by Crippen LogP contribution is -2.29. The molecule has 0 spiro atoms. The van der Waals surface area contributed by atoms with E-state index in [1.165, 1.54) is 38.1 Å². The molecule has 6 aromatic carbocycles. The number of hydrogen-bond acceptors (Lipinski definition) is 14. The fraction of sp³-hybridized carbons (Fsp3) is 0.322. The summed E-state index contributed by atoms with van der Waals surface area (Å²) in [6, 6.07) is 42.8. The van der Waals surface area contributed by atoms with E-state index < -0.39 is 68.6 Å². The van der Waals surface area contributed by atoms with E-state index in [0.717, 1.165) is 16.7 Å². The summed E-state index contributed by atoms with van der Waals surface area (Å²) < 4.78 is 77.5. The molecule has 0 heterocycles. The van der Waals surface area contributed by atoms with E-state index in [9.17, 15) is 19.2 Å². The standard InChI is InChI=1S/C59H64O14S/c1-40(72-56(62)58(3,4)5)70-54(60)50-31-48(67-34-43-23-15-10-16-24-43)29-46(52(50)37-66-33-42-21-13-9-14-22-42)38-74(64,65)39-47-30-49(68-35-44-25-17-11-18-26-44)32-51(53(47)69-36-45-27-19-12-20-28-45)55(61)71-41(2)73-57(63)59(6,7)8/h9-32,40-41H,33-39H2,1-8H3. The number of benzene rings is 6. The Bertz CT molecular complexity index is 2950. The Hall–Kier alpha value is -7.49. The van der Waals surface area contributed by atoms with E-state index in [2.05, 4.69) is 0 Å². The van der Waals surface area contributed by atoms with Crippen LogP contribution in [0, 0.1) is 10.8 Å². The molecule has 6 aromatic rings. The van der Waals surface area contributed by atoms with Gasteiger partial charge in [-0.25, -0.2) is 18.0 Å². The molecule has 2 unspecified atom stereocenters.